The van der Waals surface area contributed by atoms with Crippen LogP contribution < -0.4 is 5.32 Å². The van der Waals surface area contributed by atoms with Crippen LogP contribution in [0.1, 0.15) is 40.4 Å². The molecule has 0 aliphatic carbocycles. The number of aromatic amines is 1. The van der Waals surface area contributed by atoms with Crippen LogP contribution in [0.5, 0.6) is 0 Å². The third-order valence-electron chi connectivity index (χ3n) is 4.53. The molecule has 1 amide bonds. The van der Waals surface area contributed by atoms with Crippen LogP contribution in [0, 0.1) is 6.92 Å². The molecule has 0 bridgehead atoms. The van der Waals surface area contributed by atoms with Crippen LogP contribution >= 0.6 is 0 Å². The number of benzene rings is 2. The van der Waals surface area contributed by atoms with E-state index in [1.54, 1.807) is 10.9 Å². The highest BCUT2D eigenvalue weighted by molar-refractivity contribution is 5.92. The van der Waals surface area contributed by atoms with Crippen LogP contribution in [0.4, 0.5) is 0 Å². The van der Waals surface area contributed by atoms with Crippen molar-refractivity contribution in [3.05, 3.63) is 77.4 Å². The molecule has 0 saturated carbocycles. The molecular formula is C20H20N6O. The van der Waals surface area contributed by atoms with Crippen molar-refractivity contribution in [3.63, 3.8) is 0 Å². The number of para-hydroxylation sites is 2. The average Bonchev–Trinajstić information content (AvgIpc) is 3.30. The van der Waals surface area contributed by atoms with Gasteiger partial charge in [0.25, 0.3) is 5.91 Å². The second kappa shape index (κ2) is 7.03. The van der Waals surface area contributed by atoms with Gasteiger partial charge in [0, 0.05) is 0 Å². The number of rotatable bonds is 5. The monoisotopic (exact) mass is 360 g/mol. The summed E-state index contributed by atoms with van der Waals surface area (Å²) >= 11 is 0. The van der Waals surface area contributed by atoms with E-state index in [2.05, 4.69) is 38.6 Å². The number of fused-ring (bicyclic) bond motifs is 1. The predicted molar refractivity (Wildman–Crippen MR) is 102 cm³/mol. The first-order chi connectivity index (χ1) is 13.1. The normalized spacial score (nSPS) is 12.2. The molecule has 7 nitrogen and oxygen atoms in total. The number of carbonyl (C=O) groups is 1. The zero-order valence-corrected chi connectivity index (χ0v) is 15.2. The minimum atomic E-state index is -0.279. The third kappa shape index (κ3) is 3.57. The summed E-state index contributed by atoms with van der Waals surface area (Å²) in [6, 6.07) is 15.6. The Bertz CT molecular complexity index is 1060. The molecule has 4 aromatic rings. The highest BCUT2D eigenvalue weighted by atomic mass is 16.2. The zero-order chi connectivity index (χ0) is 18.8. The van der Waals surface area contributed by atoms with Crippen molar-refractivity contribution in [2.75, 3.05) is 0 Å². The fourth-order valence-corrected chi connectivity index (χ4v) is 2.96. The lowest BCUT2D eigenvalue weighted by Crippen LogP contribution is -2.27. The molecule has 4 rings (SSSR count). The van der Waals surface area contributed by atoms with Gasteiger partial charge < -0.3 is 10.3 Å². The van der Waals surface area contributed by atoms with Crippen molar-refractivity contribution >= 4 is 16.9 Å². The maximum absolute atomic E-state index is 12.5. The molecule has 0 radical (unpaired) electrons. The maximum Gasteiger partial charge on any atom is 0.274 e. The Morgan fingerprint density at radius 2 is 1.96 bits per heavy atom. The summed E-state index contributed by atoms with van der Waals surface area (Å²) in [5.41, 5.74) is 4.42. The van der Waals surface area contributed by atoms with Gasteiger partial charge in [0.05, 0.1) is 29.8 Å². The van der Waals surface area contributed by atoms with Crippen LogP contribution in [0.25, 0.3) is 11.0 Å². The zero-order valence-electron chi connectivity index (χ0n) is 15.2. The van der Waals surface area contributed by atoms with E-state index in [0.717, 1.165) is 16.6 Å². The Hall–Kier alpha value is -3.48. The van der Waals surface area contributed by atoms with Gasteiger partial charge >= 0.3 is 0 Å². The number of carbonyl (C=O) groups excluding carboxylic acids is 1. The standard InChI is InChI=1S/C20H20N6O/c1-13-7-3-4-8-15(13)11-26-12-18(24-25-26)20(27)21-14(2)19-22-16-9-5-6-10-17(16)23-19/h3-10,12,14H,11H2,1-2H3,(H,21,27)(H,22,23)/t14-/m1/s1. The van der Waals surface area contributed by atoms with Crippen molar-refractivity contribution in [3.8, 4) is 0 Å². The van der Waals surface area contributed by atoms with Crippen molar-refractivity contribution in [2.45, 2.75) is 26.4 Å². The number of hydrogen-bond donors (Lipinski definition) is 2. The first-order valence-corrected chi connectivity index (χ1v) is 8.80. The van der Waals surface area contributed by atoms with Gasteiger partial charge in [0.1, 0.15) is 5.82 Å². The number of aryl methyl sites for hydroxylation is 1. The molecule has 27 heavy (non-hydrogen) atoms. The lowest BCUT2D eigenvalue weighted by atomic mass is 10.1. The Morgan fingerprint density at radius 3 is 2.78 bits per heavy atom. The highest BCUT2D eigenvalue weighted by Gasteiger charge is 2.17. The summed E-state index contributed by atoms with van der Waals surface area (Å²) in [7, 11) is 0. The lowest BCUT2D eigenvalue weighted by molar-refractivity contribution is 0.0933. The number of imidazole rings is 1. The third-order valence-corrected chi connectivity index (χ3v) is 4.53. The minimum Gasteiger partial charge on any atom is -0.341 e. The number of amides is 1. The quantitative estimate of drug-likeness (QED) is 0.573. The van der Waals surface area contributed by atoms with Crippen LogP contribution in [-0.4, -0.2) is 30.9 Å². The summed E-state index contributed by atoms with van der Waals surface area (Å²) in [6.07, 6.45) is 1.66. The van der Waals surface area contributed by atoms with Gasteiger partial charge in [-0.25, -0.2) is 9.67 Å². The van der Waals surface area contributed by atoms with Crippen molar-refractivity contribution in [1.29, 1.82) is 0 Å². The first-order valence-electron chi connectivity index (χ1n) is 8.80. The van der Waals surface area contributed by atoms with Gasteiger partial charge in [-0.3, -0.25) is 4.79 Å². The fourth-order valence-electron chi connectivity index (χ4n) is 2.96. The van der Waals surface area contributed by atoms with Gasteiger partial charge in [-0.15, -0.1) is 5.10 Å². The summed E-state index contributed by atoms with van der Waals surface area (Å²) in [6.45, 7) is 4.51. The smallest absolute Gasteiger partial charge is 0.274 e. The molecule has 2 heterocycles. The molecular weight excluding hydrogens is 340 g/mol. The number of hydrogen-bond acceptors (Lipinski definition) is 4. The predicted octanol–water partition coefficient (Wildman–Crippen LogP) is 3.00. The van der Waals surface area contributed by atoms with Crippen LogP contribution in [-0.2, 0) is 6.54 Å². The maximum atomic E-state index is 12.5. The molecule has 0 aliphatic rings. The summed E-state index contributed by atoms with van der Waals surface area (Å²) in [5.74, 6) is 0.427. The van der Waals surface area contributed by atoms with E-state index in [-0.39, 0.29) is 17.6 Å². The SMILES string of the molecule is Cc1ccccc1Cn1cc(C(=O)N[C@H](C)c2nc3ccccc3[nH]2)nn1. The second-order valence-corrected chi connectivity index (χ2v) is 6.56. The van der Waals surface area contributed by atoms with E-state index in [0.29, 0.717) is 12.4 Å². The first kappa shape index (κ1) is 17.0. The Balaban J connectivity index is 1.45. The summed E-state index contributed by atoms with van der Waals surface area (Å²) in [4.78, 5) is 20.3. The van der Waals surface area contributed by atoms with Crippen molar-refractivity contribution in [2.24, 2.45) is 0 Å². The molecule has 0 spiro atoms. The molecule has 0 fully saturated rings. The Morgan fingerprint density at radius 1 is 1.19 bits per heavy atom. The lowest BCUT2D eigenvalue weighted by Gasteiger charge is -2.09. The molecule has 2 N–H and O–H groups in total. The average molecular weight is 360 g/mol. The second-order valence-electron chi connectivity index (χ2n) is 6.56. The van der Waals surface area contributed by atoms with Gasteiger partial charge in [-0.05, 0) is 37.1 Å². The molecule has 0 unspecified atom stereocenters. The fraction of sp³-hybridized carbons (Fsp3) is 0.200. The van der Waals surface area contributed by atoms with E-state index < -0.39 is 0 Å². The van der Waals surface area contributed by atoms with E-state index in [1.807, 2.05) is 49.4 Å². The topological polar surface area (TPSA) is 88.5 Å². The molecule has 7 heteroatoms. The van der Waals surface area contributed by atoms with Crippen LogP contribution in [0.15, 0.2) is 54.7 Å². The molecule has 1 atom stereocenters. The van der Waals surface area contributed by atoms with Gasteiger partial charge in [-0.1, -0.05) is 41.6 Å². The number of H-pyrrole nitrogens is 1. The van der Waals surface area contributed by atoms with Gasteiger partial charge in [-0.2, -0.15) is 0 Å². The molecule has 0 saturated heterocycles. The summed E-state index contributed by atoms with van der Waals surface area (Å²) in [5, 5.41) is 11.0. The van der Waals surface area contributed by atoms with Crippen molar-refractivity contribution < 1.29 is 4.79 Å². The van der Waals surface area contributed by atoms with Gasteiger partial charge in [0.2, 0.25) is 0 Å². The Labute approximate surface area is 156 Å². The Kier molecular flexibility index (Phi) is 4.42. The molecule has 2 aromatic heterocycles. The van der Waals surface area contributed by atoms with Crippen LogP contribution in [0.3, 0.4) is 0 Å². The van der Waals surface area contributed by atoms with Crippen molar-refractivity contribution in [1.82, 2.24) is 30.3 Å². The molecule has 0 aliphatic heterocycles. The largest absolute Gasteiger partial charge is 0.341 e. The molecule has 136 valence electrons. The highest BCUT2D eigenvalue weighted by Crippen LogP contribution is 2.16. The summed E-state index contributed by atoms with van der Waals surface area (Å²) < 4.78 is 1.67. The number of aromatic nitrogens is 5. The number of nitrogens with zero attached hydrogens (tertiary/aromatic N) is 4. The van der Waals surface area contributed by atoms with Gasteiger partial charge in [0.15, 0.2) is 5.69 Å². The minimum absolute atomic E-state index is 0.272. The van der Waals surface area contributed by atoms with E-state index in [4.69, 9.17) is 0 Å². The van der Waals surface area contributed by atoms with E-state index in [1.165, 1.54) is 5.56 Å². The van der Waals surface area contributed by atoms with E-state index in [9.17, 15) is 4.79 Å². The van der Waals surface area contributed by atoms with Crippen LogP contribution in [0.2, 0.25) is 0 Å². The van der Waals surface area contributed by atoms with E-state index >= 15 is 0 Å². The molecule has 2 aromatic carbocycles. The number of nitrogens with one attached hydrogen (secondary N) is 2.